The summed E-state index contributed by atoms with van der Waals surface area (Å²) in [4.78, 5) is 22.3. The van der Waals surface area contributed by atoms with Crippen molar-refractivity contribution >= 4 is 41.5 Å². The highest BCUT2D eigenvalue weighted by atomic mass is 35.5. The molecule has 5 nitrogen and oxygen atoms in total. The lowest BCUT2D eigenvalue weighted by Crippen LogP contribution is -2.41. The van der Waals surface area contributed by atoms with Gasteiger partial charge in [-0.25, -0.2) is 4.99 Å². The Bertz CT molecular complexity index is 807. The zero-order valence-electron chi connectivity index (χ0n) is 17.9. The van der Waals surface area contributed by atoms with Crippen LogP contribution in [0.2, 0.25) is 5.02 Å². The standard InChI is InChI=1S/C18H19ClN4O.2C2H6/c1-5-11-9-14(18(24)23(6-2)17(11)22-4)13-8-7-12(10-15(13)19)16(20)21-3;2*1-2/h5,7-10,20H,3,6H2,1-2,4H3;2*1-2H3/b11-5-,20-16?,22-17?;;. The maximum absolute atomic E-state index is 12.8. The average Bonchev–Trinajstić information content (AvgIpc) is 2.75. The van der Waals surface area contributed by atoms with Crippen molar-refractivity contribution < 1.29 is 4.79 Å². The first-order valence-electron chi connectivity index (χ1n) is 9.51. The van der Waals surface area contributed by atoms with Gasteiger partial charge in [0.2, 0.25) is 0 Å². The van der Waals surface area contributed by atoms with E-state index in [-0.39, 0.29) is 11.7 Å². The summed E-state index contributed by atoms with van der Waals surface area (Å²) in [7, 11) is 1.67. The van der Waals surface area contributed by atoms with Crippen molar-refractivity contribution in [1.29, 1.82) is 5.41 Å². The van der Waals surface area contributed by atoms with E-state index in [1.807, 2.05) is 47.6 Å². The van der Waals surface area contributed by atoms with E-state index in [1.165, 1.54) is 0 Å². The minimum atomic E-state index is -0.143. The summed E-state index contributed by atoms with van der Waals surface area (Å²) in [5, 5.41) is 8.09. The monoisotopic (exact) mass is 402 g/mol. The van der Waals surface area contributed by atoms with E-state index < -0.39 is 0 Å². The number of halogens is 1. The van der Waals surface area contributed by atoms with Gasteiger partial charge in [0.05, 0.1) is 0 Å². The van der Waals surface area contributed by atoms with Crippen LogP contribution >= 0.6 is 11.6 Å². The molecule has 1 amide bonds. The van der Waals surface area contributed by atoms with Crippen LogP contribution in [0.1, 0.15) is 52.7 Å². The Balaban J connectivity index is 0.00000171. The van der Waals surface area contributed by atoms with Gasteiger partial charge in [-0.15, -0.1) is 0 Å². The highest BCUT2D eigenvalue weighted by molar-refractivity contribution is 6.37. The second-order valence-corrected chi connectivity index (χ2v) is 5.51. The molecule has 1 aliphatic rings. The van der Waals surface area contributed by atoms with Gasteiger partial charge in [-0.2, -0.15) is 0 Å². The van der Waals surface area contributed by atoms with E-state index in [2.05, 4.69) is 16.7 Å². The van der Waals surface area contributed by atoms with Crippen molar-refractivity contribution in [3.8, 4) is 0 Å². The van der Waals surface area contributed by atoms with E-state index >= 15 is 0 Å². The van der Waals surface area contributed by atoms with Crippen LogP contribution in [0.5, 0.6) is 0 Å². The van der Waals surface area contributed by atoms with E-state index in [1.54, 1.807) is 36.2 Å². The molecule has 0 aliphatic carbocycles. The molecule has 0 spiro atoms. The Morgan fingerprint density at radius 2 is 1.89 bits per heavy atom. The number of aliphatic imine (C=N–C) groups is 2. The third-order valence-corrected chi connectivity index (χ3v) is 4.13. The van der Waals surface area contributed by atoms with E-state index in [0.717, 1.165) is 5.57 Å². The summed E-state index contributed by atoms with van der Waals surface area (Å²) in [6.07, 6.45) is 3.71. The molecule has 0 atom stereocenters. The van der Waals surface area contributed by atoms with Gasteiger partial charge >= 0.3 is 0 Å². The van der Waals surface area contributed by atoms with Gasteiger partial charge in [-0.05, 0) is 32.7 Å². The minimum Gasteiger partial charge on any atom is -0.293 e. The molecule has 1 aromatic rings. The maximum atomic E-state index is 12.8. The van der Waals surface area contributed by atoms with Crippen LogP contribution in [0.15, 0.2) is 45.9 Å². The van der Waals surface area contributed by atoms with Gasteiger partial charge in [0.25, 0.3) is 5.91 Å². The van der Waals surface area contributed by atoms with Crippen molar-refractivity contribution in [2.45, 2.75) is 41.5 Å². The quantitative estimate of drug-likeness (QED) is 0.515. The number of amides is 1. The Morgan fingerprint density at radius 3 is 2.32 bits per heavy atom. The smallest absolute Gasteiger partial charge is 0.260 e. The summed E-state index contributed by atoms with van der Waals surface area (Å²) in [5.74, 6) is 0.548. The molecular formula is C22H31ClN4O. The highest BCUT2D eigenvalue weighted by Gasteiger charge is 2.30. The fourth-order valence-corrected chi connectivity index (χ4v) is 2.88. The molecular weight excluding hydrogens is 372 g/mol. The van der Waals surface area contributed by atoms with Crippen molar-refractivity contribution in [3.05, 3.63) is 52.1 Å². The summed E-state index contributed by atoms with van der Waals surface area (Å²) >= 11 is 6.36. The third-order valence-electron chi connectivity index (χ3n) is 3.82. The number of carbonyl (C=O) groups excluding carboxylic acids is 1. The van der Waals surface area contributed by atoms with Gasteiger partial charge < -0.3 is 0 Å². The normalized spacial score (nSPS) is 15.9. The van der Waals surface area contributed by atoms with Crippen LogP contribution in [-0.4, -0.2) is 42.8 Å². The number of benzene rings is 1. The summed E-state index contributed by atoms with van der Waals surface area (Å²) in [6, 6.07) is 5.06. The van der Waals surface area contributed by atoms with Gasteiger partial charge in [0.1, 0.15) is 5.84 Å². The number of hydrogen-bond acceptors (Lipinski definition) is 3. The molecule has 6 heteroatoms. The SMILES string of the molecule is C=NC(=N)c1ccc(C2=C/C(=C/C)C(=NC)N(CC)C2=O)c(Cl)c1.CC.CC. The van der Waals surface area contributed by atoms with Gasteiger partial charge in [0.15, 0.2) is 5.84 Å². The number of carbonyl (C=O) groups is 1. The Morgan fingerprint density at radius 1 is 1.29 bits per heavy atom. The van der Waals surface area contributed by atoms with Gasteiger partial charge in [-0.1, -0.05) is 57.5 Å². The van der Waals surface area contributed by atoms with Crippen LogP contribution < -0.4 is 0 Å². The second kappa shape index (κ2) is 12.8. The van der Waals surface area contributed by atoms with Crippen molar-refractivity contribution in [1.82, 2.24) is 4.90 Å². The van der Waals surface area contributed by atoms with Crippen LogP contribution in [0, 0.1) is 5.41 Å². The predicted octanol–water partition coefficient (Wildman–Crippen LogP) is 5.64. The molecule has 0 saturated carbocycles. The first kappa shape index (κ1) is 25.5. The minimum absolute atomic E-state index is 0.0390. The van der Waals surface area contributed by atoms with E-state index in [0.29, 0.717) is 34.1 Å². The molecule has 0 aromatic heterocycles. The third kappa shape index (κ3) is 5.49. The number of nitrogens with zero attached hydrogens (tertiary/aromatic N) is 3. The highest BCUT2D eigenvalue weighted by Crippen LogP contribution is 2.31. The van der Waals surface area contributed by atoms with Crippen LogP contribution in [0.25, 0.3) is 5.57 Å². The first-order chi connectivity index (χ1) is 13.5. The largest absolute Gasteiger partial charge is 0.293 e. The fraction of sp³-hybridized carbons (Fsp3) is 0.364. The lowest BCUT2D eigenvalue weighted by atomic mass is 9.95. The van der Waals surface area contributed by atoms with Crippen LogP contribution in [0.4, 0.5) is 0 Å². The van der Waals surface area contributed by atoms with Gasteiger partial charge in [0, 0.05) is 40.9 Å². The summed E-state index contributed by atoms with van der Waals surface area (Å²) in [6.45, 7) is 15.7. The predicted molar refractivity (Wildman–Crippen MR) is 123 cm³/mol. The number of hydrogen-bond donors (Lipinski definition) is 1. The van der Waals surface area contributed by atoms with Crippen molar-refractivity contribution in [2.24, 2.45) is 9.98 Å². The molecule has 1 aromatic carbocycles. The maximum Gasteiger partial charge on any atom is 0.260 e. The number of nitrogens with one attached hydrogen (secondary N) is 1. The summed E-state index contributed by atoms with van der Waals surface area (Å²) < 4.78 is 0. The zero-order valence-corrected chi connectivity index (χ0v) is 18.7. The number of rotatable bonds is 3. The first-order valence-corrected chi connectivity index (χ1v) is 9.88. The molecule has 0 fully saturated rings. The van der Waals surface area contributed by atoms with Crippen molar-refractivity contribution in [2.75, 3.05) is 13.6 Å². The Labute approximate surface area is 174 Å². The van der Waals surface area contributed by atoms with Gasteiger partial charge in [-0.3, -0.25) is 20.1 Å². The number of likely N-dealkylation sites (N-methyl/N-ethyl adjacent to an activating group) is 1. The molecule has 1 aliphatic heterocycles. The fourth-order valence-electron chi connectivity index (χ4n) is 2.60. The van der Waals surface area contributed by atoms with E-state index in [9.17, 15) is 4.79 Å². The number of amidine groups is 2. The molecule has 0 bridgehead atoms. The summed E-state index contributed by atoms with van der Waals surface area (Å²) in [5.41, 5.74) is 2.55. The average molecular weight is 403 g/mol. The van der Waals surface area contributed by atoms with Crippen molar-refractivity contribution in [3.63, 3.8) is 0 Å². The topological polar surface area (TPSA) is 68.9 Å². The molecule has 0 radical (unpaired) electrons. The molecule has 28 heavy (non-hydrogen) atoms. The van der Waals surface area contributed by atoms with Crippen LogP contribution in [-0.2, 0) is 4.79 Å². The molecule has 152 valence electrons. The Hall–Kier alpha value is -2.53. The molecule has 1 heterocycles. The lowest BCUT2D eigenvalue weighted by Gasteiger charge is -2.29. The molecule has 1 N–H and O–H groups in total. The molecule has 0 saturated heterocycles. The molecule has 2 rings (SSSR count). The lowest BCUT2D eigenvalue weighted by molar-refractivity contribution is -0.121. The zero-order chi connectivity index (χ0) is 21.9. The van der Waals surface area contributed by atoms with Crippen LogP contribution in [0.3, 0.4) is 0 Å². The van der Waals surface area contributed by atoms with E-state index in [4.69, 9.17) is 17.0 Å². The Kier molecular flexibility index (Phi) is 11.6. The molecule has 0 unspecified atom stereocenters. The second-order valence-electron chi connectivity index (χ2n) is 5.10. The number of allylic oxidation sites excluding steroid dienone is 1.